The molecule has 0 N–H and O–H groups in total. The summed E-state index contributed by atoms with van der Waals surface area (Å²) >= 11 is 0. The van der Waals surface area contributed by atoms with Gasteiger partial charge in [-0.3, -0.25) is 9.20 Å². The van der Waals surface area contributed by atoms with Gasteiger partial charge in [0.1, 0.15) is 12.7 Å². The Bertz CT molecular complexity index is 394. The zero-order chi connectivity index (χ0) is 7.68. The Morgan fingerprint density at radius 1 is 1.45 bits per heavy atom. The summed E-state index contributed by atoms with van der Waals surface area (Å²) in [5.41, 5.74) is 0.986. The molecule has 0 aromatic carbocycles. The smallest absolute Gasteiger partial charge is 0.173 e. The summed E-state index contributed by atoms with van der Waals surface area (Å²) in [6.45, 7) is 0. The molecule has 2 heterocycles. The average molecular weight is 148 g/mol. The summed E-state index contributed by atoms with van der Waals surface area (Å²) < 4.78 is 1.59. The third-order valence-electron chi connectivity index (χ3n) is 1.36. The first-order chi connectivity index (χ1) is 5.42. The number of aromatic nitrogens is 4. The molecule has 0 fully saturated rings. The van der Waals surface area contributed by atoms with Gasteiger partial charge in [-0.1, -0.05) is 0 Å². The molecule has 0 spiro atoms. The molecule has 0 aliphatic heterocycles. The van der Waals surface area contributed by atoms with Crippen LogP contribution in [0, 0.1) is 0 Å². The Kier molecular flexibility index (Phi) is 1.15. The summed E-state index contributed by atoms with van der Waals surface area (Å²) in [7, 11) is 0. The van der Waals surface area contributed by atoms with Gasteiger partial charge in [0.05, 0.1) is 5.56 Å². The molecule has 0 atom stereocenters. The van der Waals surface area contributed by atoms with Crippen molar-refractivity contribution in [3.8, 4) is 0 Å². The fourth-order valence-corrected chi connectivity index (χ4v) is 0.860. The monoisotopic (exact) mass is 148 g/mol. The first kappa shape index (κ1) is 5.96. The van der Waals surface area contributed by atoms with Crippen LogP contribution in [0.2, 0.25) is 0 Å². The fraction of sp³-hybridized carbons (Fsp3) is 0. The van der Waals surface area contributed by atoms with Crippen LogP contribution in [0.3, 0.4) is 0 Å². The van der Waals surface area contributed by atoms with Crippen LogP contribution in [0.4, 0.5) is 0 Å². The SMILES string of the molecule is O=Cc1cncn2cnnc12. The van der Waals surface area contributed by atoms with E-state index in [9.17, 15) is 4.79 Å². The highest BCUT2D eigenvalue weighted by Crippen LogP contribution is 2.00. The van der Waals surface area contributed by atoms with E-state index < -0.39 is 0 Å². The van der Waals surface area contributed by atoms with Crippen molar-refractivity contribution in [2.45, 2.75) is 0 Å². The van der Waals surface area contributed by atoms with E-state index in [1.807, 2.05) is 0 Å². The molecule has 11 heavy (non-hydrogen) atoms. The lowest BCUT2D eigenvalue weighted by molar-refractivity contribution is 0.112. The Hall–Kier alpha value is -1.78. The van der Waals surface area contributed by atoms with Crippen molar-refractivity contribution in [2.75, 3.05) is 0 Å². The van der Waals surface area contributed by atoms with Gasteiger partial charge in [-0.05, 0) is 0 Å². The number of hydrogen-bond donors (Lipinski definition) is 0. The molecule has 54 valence electrons. The number of rotatable bonds is 1. The van der Waals surface area contributed by atoms with Gasteiger partial charge in [0.2, 0.25) is 0 Å². The topological polar surface area (TPSA) is 60.2 Å². The quantitative estimate of drug-likeness (QED) is 0.531. The second-order valence-corrected chi connectivity index (χ2v) is 2.03. The van der Waals surface area contributed by atoms with Crippen molar-refractivity contribution in [1.82, 2.24) is 19.6 Å². The molecule has 0 bridgehead atoms. The van der Waals surface area contributed by atoms with E-state index >= 15 is 0 Å². The lowest BCUT2D eigenvalue weighted by Crippen LogP contribution is -1.91. The fourth-order valence-electron chi connectivity index (χ4n) is 0.860. The Labute approximate surface area is 61.7 Å². The minimum atomic E-state index is 0.449. The van der Waals surface area contributed by atoms with Gasteiger partial charge in [-0.2, -0.15) is 0 Å². The van der Waals surface area contributed by atoms with Crippen molar-refractivity contribution >= 4 is 11.9 Å². The maximum absolute atomic E-state index is 10.4. The van der Waals surface area contributed by atoms with Crippen LogP contribution in [0.1, 0.15) is 10.4 Å². The molecular weight excluding hydrogens is 144 g/mol. The summed E-state index contributed by atoms with van der Waals surface area (Å²) in [6, 6.07) is 0. The van der Waals surface area contributed by atoms with Crippen molar-refractivity contribution in [2.24, 2.45) is 0 Å². The minimum Gasteiger partial charge on any atom is -0.298 e. The molecule has 0 saturated carbocycles. The molecule has 0 saturated heterocycles. The third kappa shape index (κ3) is 0.778. The van der Waals surface area contributed by atoms with E-state index in [1.165, 1.54) is 12.5 Å². The van der Waals surface area contributed by atoms with Crippen molar-refractivity contribution in [3.63, 3.8) is 0 Å². The van der Waals surface area contributed by atoms with Gasteiger partial charge in [-0.15, -0.1) is 10.2 Å². The van der Waals surface area contributed by atoms with Crippen LogP contribution < -0.4 is 0 Å². The van der Waals surface area contributed by atoms with Crippen LogP contribution in [0.15, 0.2) is 18.9 Å². The first-order valence-corrected chi connectivity index (χ1v) is 3.00. The summed E-state index contributed by atoms with van der Waals surface area (Å²) in [4.78, 5) is 14.2. The van der Waals surface area contributed by atoms with E-state index in [0.29, 0.717) is 17.5 Å². The lowest BCUT2D eigenvalue weighted by Gasteiger charge is -1.90. The largest absolute Gasteiger partial charge is 0.298 e. The maximum atomic E-state index is 10.4. The van der Waals surface area contributed by atoms with Crippen molar-refractivity contribution in [1.29, 1.82) is 0 Å². The number of fused-ring (bicyclic) bond motifs is 1. The zero-order valence-corrected chi connectivity index (χ0v) is 5.51. The molecule has 0 radical (unpaired) electrons. The molecule has 0 unspecified atom stereocenters. The molecule has 2 aromatic rings. The highest BCUT2D eigenvalue weighted by atomic mass is 16.1. The van der Waals surface area contributed by atoms with Crippen LogP contribution in [0.5, 0.6) is 0 Å². The zero-order valence-electron chi connectivity index (χ0n) is 5.51. The van der Waals surface area contributed by atoms with Gasteiger partial charge in [0.15, 0.2) is 11.9 Å². The van der Waals surface area contributed by atoms with Crippen LogP contribution >= 0.6 is 0 Å². The van der Waals surface area contributed by atoms with Gasteiger partial charge < -0.3 is 0 Å². The van der Waals surface area contributed by atoms with E-state index in [0.717, 1.165) is 0 Å². The molecular formula is C6H4N4O. The normalized spacial score (nSPS) is 10.2. The van der Waals surface area contributed by atoms with E-state index in [1.54, 1.807) is 10.7 Å². The maximum Gasteiger partial charge on any atom is 0.173 e. The van der Waals surface area contributed by atoms with Crippen molar-refractivity contribution in [3.05, 3.63) is 24.4 Å². The number of aldehydes is 1. The molecule has 0 amide bonds. The second-order valence-electron chi connectivity index (χ2n) is 2.03. The number of carbonyl (C=O) groups is 1. The van der Waals surface area contributed by atoms with E-state index in [2.05, 4.69) is 15.2 Å². The first-order valence-electron chi connectivity index (χ1n) is 3.00. The summed E-state index contributed by atoms with van der Waals surface area (Å²) in [5, 5.41) is 7.36. The predicted molar refractivity (Wildman–Crippen MR) is 36.2 cm³/mol. The van der Waals surface area contributed by atoms with Gasteiger partial charge in [0.25, 0.3) is 0 Å². The molecule has 5 heteroatoms. The van der Waals surface area contributed by atoms with Crippen LogP contribution in [-0.4, -0.2) is 25.9 Å². The van der Waals surface area contributed by atoms with Crippen molar-refractivity contribution < 1.29 is 4.79 Å². The molecule has 2 rings (SSSR count). The summed E-state index contributed by atoms with van der Waals surface area (Å²) in [6.07, 6.45) is 5.20. The van der Waals surface area contributed by atoms with Crippen LogP contribution in [0.25, 0.3) is 5.65 Å². The highest BCUT2D eigenvalue weighted by Gasteiger charge is 2.00. The Morgan fingerprint density at radius 2 is 2.36 bits per heavy atom. The molecule has 0 aliphatic rings. The Balaban J connectivity index is 2.88. The van der Waals surface area contributed by atoms with Gasteiger partial charge >= 0.3 is 0 Å². The minimum absolute atomic E-state index is 0.449. The molecule has 5 nitrogen and oxygen atoms in total. The van der Waals surface area contributed by atoms with Gasteiger partial charge in [0, 0.05) is 6.20 Å². The second kappa shape index (κ2) is 2.12. The van der Waals surface area contributed by atoms with E-state index in [4.69, 9.17) is 0 Å². The van der Waals surface area contributed by atoms with Gasteiger partial charge in [-0.25, -0.2) is 4.98 Å². The third-order valence-corrected chi connectivity index (χ3v) is 1.36. The summed E-state index contributed by atoms with van der Waals surface area (Å²) in [5.74, 6) is 0. The number of carbonyl (C=O) groups excluding carboxylic acids is 1. The highest BCUT2D eigenvalue weighted by molar-refractivity contribution is 5.83. The number of hydrogen-bond acceptors (Lipinski definition) is 4. The standard InChI is InChI=1S/C6H4N4O/c11-2-5-1-7-3-10-4-8-9-6(5)10/h1-4H. The van der Waals surface area contributed by atoms with Crippen LogP contribution in [-0.2, 0) is 0 Å². The predicted octanol–water partition coefficient (Wildman–Crippen LogP) is -0.0632. The van der Waals surface area contributed by atoms with E-state index in [-0.39, 0.29) is 0 Å². The molecule has 2 aromatic heterocycles. The molecule has 0 aliphatic carbocycles. The lowest BCUT2D eigenvalue weighted by atomic mass is 10.4. The number of nitrogens with zero attached hydrogens (tertiary/aromatic N) is 4. The Morgan fingerprint density at radius 3 is 3.18 bits per heavy atom. The average Bonchev–Trinajstić information content (AvgIpc) is 2.50.